The van der Waals surface area contributed by atoms with Crippen molar-refractivity contribution in [2.24, 2.45) is 0 Å². The molecule has 1 amide bonds. The van der Waals surface area contributed by atoms with Crippen LogP contribution in [0.4, 0.5) is 17.1 Å². The SMILES string of the molecule is Nc1ccsc1CNc1ccc2c(c1)CCC(=O)N2. The lowest BCUT2D eigenvalue weighted by molar-refractivity contribution is -0.116. The number of hydrogen-bond acceptors (Lipinski definition) is 4. The molecule has 1 aliphatic rings. The maximum Gasteiger partial charge on any atom is 0.224 e. The molecule has 0 saturated heterocycles. The number of nitrogens with two attached hydrogens (primary N) is 1. The number of hydrogen-bond donors (Lipinski definition) is 3. The molecule has 4 N–H and O–H groups in total. The van der Waals surface area contributed by atoms with E-state index in [9.17, 15) is 4.79 Å². The molecule has 1 aromatic heterocycles. The molecule has 0 atom stereocenters. The van der Waals surface area contributed by atoms with E-state index in [0.29, 0.717) is 6.42 Å². The molecule has 1 aliphatic heterocycles. The highest BCUT2D eigenvalue weighted by atomic mass is 32.1. The van der Waals surface area contributed by atoms with Gasteiger partial charge in [0.05, 0.1) is 6.54 Å². The van der Waals surface area contributed by atoms with Crippen molar-refractivity contribution in [3.8, 4) is 0 Å². The number of thiophene rings is 1. The predicted octanol–water partition coefficient (Wildman–Crippen LogP) is 2.83. The Hall–Kier alpha value is -2.01. The predicted molar refractivity (Wildman–Crippen MR) is 79.5 cm³/mol. The maximum atomic E-state index is 11.3. The molecular weight excluding hydrogens is 258 g/mol. The average Bonchev–Trinajstić information content (AvgIpc) is 2.82. The Morgan fingerprint density at radius 1 is 1.32 bits per heavy atom. The standard InChI is InChI=1S/C14H15N3OS/c15-11-5-6-19-13(11)8-16-10-2-3-12-9(7-10)1-4-14(18)17-12/h2-3,5-7,16H,1,4,8,15H2,(H,17,18). The lowest BCUT2D eigenvalue weighted by Gasteiger charge is -2.18. The second-order valence-corrected chi connectivity index (χ2v) is 5.57. The van der Waals surface area contributed by atoms with Gasteiger partial charge in [0.1, 0.15) is 0 Å². The van der Waals surface area contributed by atoms with Gasteiger partial charge in [-0.2, -0.15) is 0 Å². The zero-order valence-electron chi connectivity index (χ0n) is 10.4. The molecule has 1 aromatic carbocycles. The van der Waals surface area contributed by atoms with E-state index < -0.39 is 0 Å². The Morgan fingerprint density at radius 2 is 2.21 bits per heavy atom. The summed E-state index contributed by atoms with van der Waals surface area (Å²) in [6.07, 6.45) is 1.37. The average molecular weight is 273 g/mol. The van der Waals surface area contributed by atoms with E-state index in [-0.39, 0.29) is 5.91 Å². The van der Waals surface area contributed by atoms with Crippen LogP contribution in [-0.4, -0.2) is 5.91 Å². The lowest BCUT2D eigenvalue weighted by Crippen LogP contribution is -2.18. The third kappa shape index (κ3) is 2.56. The van der Waals surface area contributed by atoms with Crippen LogP contribution in [0.1, 0.15) is 16.9 Å². The molecule has 98 valence electrons. The van der Waals surface area contributed by atoms with Crippen molar-refractivity contribution in [2.75, 3.05) is 16.4 Å². The quantitative estimate of drug-likeness (QED) is 0.805. The molecule has 0 aliphatic carbocycles. The Morgan fingerprint density at radius 3 is 3.00 bits per heavy atom. The molecular formula is C14H15N3OS. The van der Waals surface area contributed by atoms with Gasteiger partial charge in [-0.3, -0.25) is 4.79 Å². The molecule has 2 heterocycles. The topological polar surface area (TPSA) is 67.1 Å². The summed E-state index contributed by atoms with van der Waals surface area (Å²) in [6.45, 7) is 0.731. The van der Waals surface area contributed by atoms with Crippen LogP contribution in [0.3, 0.4) is 0 Å². The Balaban J connectivity index is 1.72. The van der Waals surface area contributed by atoms with Crippen LogP contribution in [0.2, 0.25) is 0 Å². The Kier molecular flexibility index (Phi) is 3.13. The van der Waals surface area contributed by atoms with Crippen molar-refractivity contribution >= 4 is 34.3 Å². The van der Waals surface area contributed by atoms with Crippen LogP contribution in [0.25, 0.3) is 0 Å². The van der Waals surface area contributed by atoms with Crippen molar-refractivity contribution in [3.05, 3.63) is 40.1 Å². The van der Waals surface area contributed by atoms with Gasteiger partial charge in [0.2, 0.25) is 5.91 Å². The van der Waals surface area contributed by atoms with Crippen LogP contribution in [0, 0.1) is 0 Å². The molecule has 2 aromatic rings. The molecule has 0 bridgehead atoms. The highest BCUT2D eigenvalue weighted by Gasteiger charge is 2.14. The highest BCUT2D eigenvalue weighted by Crippen LogP contribution is 2.26. The van der Waals surface area contributed by atoms with Gasteiger partial charge in [-0.1, -0.05) is 0 Å². The largest absolute Gasteiger partial charge is 0.398 e. The van der Waals surface area contributed by atoms with E-state index in [2.05, 4.69) is 16.7 Å². The number of nitrogen functional groups attached to an aromatic ring is 1. The van der Waals surface area contributed by atoms with Crippen LogP contribution in [-0.2, 0) is 17.8 Å². The summed E-state index contributed by atoms with van der Waals surface area (Å²) in [5, 5.41) is 8.24. The van der Waals surface area contributed by atoms with E-state index in [1.807, 2.05) is 23.6 Å². The summed E-state index contributed by atoms with van der Waals surface area (Å²) in [5.41, 5.74) is 9.86. The maximum absolute atomic E-state index is 11.3. The molecule has 0 radical (unpaired) electrons. The van der Waals surface area contributed by atoms with Gasteiger partial charge < -0.3 is 16.4 Å². The van der Waals surface area contributed by atoms with Crippen molar-refractivity contribution in [1.82, 2.24) is 0 Å². The van der Waals surface area contributed by atoms with E-state index in [1.54, 1.807) is 11.3 Å². The number of aryl methyl sites for hydroxylation is 1. The number of nitrogens with one attached hydrogen (secondary N) is 2. The van der Waals surface area contributed by atoms with Crippen molar-refractivity contribution in [1.29, 1.82) is 0 Å². The number of benzene rings is 1. The second-order valence-electron chi connectivity index (χ2n) is 4.57. The highest BCUT2D eigenvalue weighted by molar-refractivity contribution is 7.10. The molecule has 5 heteroatoms. The number of anilines is 3. The van der Waals surface area contributed by atoms with Gasteiger partial charge in [-0.25, -0.2) is 0 Å². The third-order valence-electron chi connectivity index (χ3n) is 3.23. The minimum absolute atomic E-state index is 0.0968. The fourth-order valence-electron chi connectivity index (χ4n) is 2.17. The molecule has 0 fully saturated rings. The number of carbonyl (C=O) groups excluding carboxylic acids is 1. The first-order valence-corrected chi connectivity index (χ1v) is 7.09. The monoisotopic (exact) mass is 273 g/mol. The van der Waals surface area contributed by atoms with Crippen molar-refractivity contribution in [3.63, 3.8) is 0 Å². The number of amides is 1. The second kappa shape index (κ2) is 4.93. The Bertz CT molecular complexity index is 621. The summed E-state index contributed by atoms with van der Waals surface area (Å²) in [6, 6.07) is 7.95. The normalized spacial score (nSPS) is 13.8. The van der Waals surface area contributed by atoms with E-state index in [4.69, 9.17) is 5.73 Å². The molecule has 0 unspecified atom stereocenters. The van der Waals surface area contributed by atoms with Gasteiger partial charge in [-0.15, -0.1) is 11.3 Å². The zero-order valence-corrected chi connectivity index (χ0v) is 11.2. The number of carbonyl (C=O) groups is 1. The van der Waals surface area contributed by atoms with Gasteiger partial charge in [0.25, 0.3) is 0 Å². The molecule has 4 nitrogen and oxygen atoms in total. The van der Waals surface area contributed by atoms with Crippen LogP contribution in [0.5, 0.6) is 0 Å². The smallest absolute Gasteiger partial charge is 0.224 e. The fourth-order valence-corrected chi connectivity index (χ4v) is 2.91. The van der Waals surface area contributed by atoms with Crippen molar-refractivity contribution < 1.29 is 4.79 Å². The summed E-state index contributed by atoms with van der Waals surface area (Å²) in [7, 11) is 0. The third-order valence-corrected chi connectivity index (χ3v) is 4.17. The zero-order chi connectivity index (χ0) is 13.2. The lowest BCUT2D eigenvalue weighted by atomic mass is 10.0. The van der Waals surface area contributed by atoms with Gasteiger partial charge in [0.15, 0.2) is 0 Å². The van der Waals surface area contributed by atoms with Crippen LogP contribution in [0.15, 0.2) is 29.6 Å². The van der Waals surface area contributed by atoms with Crippen LogP contribution >= 0.6 is 11.3 Å². The summed E-state index contributed by atoms with van der Waals surface area (Å²) >= 11 is 1.65. The first-order valence-electron chi connectivity index (χ1n) is 6.21. The summed E-state index contributed by atoms with van der Waals surface area (Å²) in [5.74, 6) is 0.0968. The van der Waals surface area contributed by atoms with Crippen LogP contribution < -0.4 is 16.4 Å². The molecule has 3 rings (SSSR count). The van der Waals surface area contributed by atoms with E-state index in [0.717, 1.165) is 34.9 Å². The van der Waals surface area contributed by atoms with E-state index in [1.165, 1.54) is 5.56 Å². The minimum atomic E-state index is 0.0968. The van der Waals surface area contributed by atoms with Gasteiger partial charge >= 0.3 is 0 Å². The Labute approximate surface area is 115 Å². The van der Waals surface area contributed by atoms with E-state index >= 15 is 0 Å². The summed E-state index contributed by atoms with van der Waals surface area (Å²) in [4.78, 5) is 12.4. The molecule has 0 spiro atoms. The first kappa shape index (κ1) is 12.0. The fraction of sp³-hybridized carbons (Fsp3) is 0.214. The van der Waals surface area contributed by atoms with Crippen molar-refractivity contribution in [2.45, 2.75) is 19.4 Å². The van der Waals surface area contributed by atoms with Gasteiger partial charge in [0, 0.05) is 28.4 Å². The van der Waals surface area contributed by atoms with Gasteiger partial charge in [-0.05, 0) is 41.6 Å². The summed E-state index contributed by atoms with van der Waals surface area (Å²) < 4.78 is 0. The number of fused-ring (bicyclic) bond motifs is 1. The number of rotatable bonds is 3. The minimum Gasteiger partial charge on any atom is -0.398 e. The first-order chi connectivity index (χ1) is 9.22. The molecule has 0 saturated carbocycles. The molecule has 19 heavy (non-hydrogen) atoms.